The third-order valence-electron chi connectivity index (χ3n) is 6.02. The van der Waals surface area contributed by atoms with E-state index in [-0.39, 0.29) is 17.8 Å². The van der Waals surface area contributed by atoms with Gasteiger partial charge in [0.2, 0.25) is 5.91 Å². The topological polar surface area (TPSA) is 120 Å². The fourth-order valence-corrected chi connectivity index (χ4v) is 3.98. The average molecular weight is 483 g/mol. The van der Waals surface area contributed by atoms with E-state index in [9.17, 15) is 9.59 Å². The lowest BCUT2D eigenvalue weighted by Gasteiger charge is -2.17. The molecule has 0 aromatic heterocycles. The molecule has 0 aliphatic carbocycles. The number of nitrogens with one attached hydrogen (secondary N) is 1. The first-order valence-electron chi connectivity index (χ1n) is 14.0. The molecule has 1 amide bonds. The number of hydrogen-bond donors (Lipinski definition) is 3. The van der Waals surface area contributed by atoms with Crippen LogP contribution in [0.3, 0.4) is 0 Å². The number of unbranched alkanes of at least 4 members (excludes halogenated alkanes) is 14. The fraction of sp³-hybridized carbons (Fsp3) is 0.889. The van der Waals surface area contributed by atoms with Crippen molar-refractivity contribution in [1.82, 2.24) is 5.32 Å². The third kappa shape index (κ3) is 22.0. The first-order chi connectivity index (χ1) is 16.5. The molecule has 0 bridgehead atoms. The van der Waals surface area contributed by atoms with Crippen LogP contribution < -0.4 is 16.8 Å². The number of guanidine groups is 1. The molecule has 0 aromatic carbocycles. The third-order valence-corrected chi connectivity index (χ3v) is 6.02. The summed E-state index contributed by atoms with van der Waals surface area (Å²) in [4.78, 5) is 28.5. The Labute approximate surface area is 209 Å². The van der Waals surface area contributed by atoms with Crippen LogP contribution in [-0.2, 0) is 14.3 Å². The van der Waals surface area contributed by atoms with Gasteiger partial charge in [0.15, 0.2) is 5.96 Å². The molecule has 0 rings (SSSR count). The first-order valence-corrected chi connectivity index (χ1v) is 14.0. The molecule has 5 N–H and O–H groups in total. The summed E-state index contributed by atoms with van der Waals surface area (Å²) in [7, 11) is 0. The zero-order chi connectivity index (χ0) is 25.3. The largest absolute Gasteiger partial charge is 0.464 e. The molecule has 1 atom stereocenters. The van der Waals surface area contributed by atoms with Gasteiger partial charge in [-0.2, -0.15) is 0 Å². The normalized spacial score (nSPS) is 11.7. The fourth-order valence-electron chi connectivity index (χ4n) is 3.98. The maximum Gasteiger partial charge on any atom is 0.328 e. The SMILES string of the molecule is CCCCCCCCCCCCCCCCCC(=O)N[C@@H](CCCN=C(N)N)C(=O)OCCC. The molecule has 200 valence electrons. The van der Waals surface area contributed by atoms with Crippen LogP contribution >= 0.6 is 0 Å². The molecule has 0 unspecified atom stereocenters. The highest BCUT2D eigenvalue weighted by Crippen LogP contribution is 2.14. The molecular weight excluding hydrogens is 428 g/mol. The predicted molar refractivity (Wildman–Crippen MR) is 143 cm³/mol. The van der Waals surface area contributed by atoms with Gasteiger partial charge < -0.3 is 21.5 Å². The van der Waals surface area contributed by atoms with Crippen LogP contribution in [0.1, 0.15) is 136 Å². The lowest BCUT2D eigenvalue weighted by molar-refractivity contribution is -0.148. The monoisotopic (exact) mass is 482 g/mol. The molecule has 7 heteroatoms. The number of nitrogens with two attached hydrogens (primary N) is 2. The van der Waals surface area contributed by atoms with Gasteiger partial charge in [-0.3, -0.25) is 9.79 Å². The molecular formula is C27H54N4O3. The van der Waals surface area contributed by atoms with Crippen molar-refractivity contribution in [2.45, 2.75) is 142 Å². The molecule has 0 aromatic rings. The van der Waals surface area contributed by atoms with Crippen LogP contribution in [0.4, 0.5) is 0 Å². The summed E-state index contributed by atoms with van der Waals surface area (Å²) in [5.74, 6) is -0.436. The summed E-state index contributed by atoms with van der Waals surface area (Å²) < 4.78 is 5.22. The van der Waals surface area contributed by atoms with Crippen LogP contribution in [0.2, 0.25) is 0 Å². The van der Waals surface area contributed by atoms with Crippen molar-refractivity contribution in [3.63, 3.8) is 0 Å². The summed E-state index contributed by atoms with van der Waals surface area (Å²) >= 11 is 0. The summed E-state index contributed by atoms with van der Waals surface area (Å²) in [6.45, 7) is 4.99. The molecule has 0 radical (unpaired) electrons. The molecule has 34 heavy (non-hydrogen) atoms. The van der Waals surface area contributed by atoms with Crippen LogP contribution in [-0.4, -0.2) is 37.0 Å². The van der Waals surface area contributed by atoms with Gasteiger partial charge in [-0.25, -0.2) is 4.79 Å². The Kier molecular flexibility index (Phi) is 23.1. The van der Waals surface area contributed by atoms with E-state index in [1.165, 1.54) is 83.5 Å². The smallest absolute Gasteiger partial charge is 0.328 e. The minimum Gasteiger partial charge on any atom is -0.464 e. The Morgan fingerprint density at radius 1 is 0.735 bits per heavy atom. The zero-order valence-corrected chi connectivity index (χ0v) is 22.3. The Hall–Kier alpha value is -1.79. The van der Waals surface area contributed by atoms with E-state index < -0.39 is 6.04 Å². The van der Waals surface area contributed by atoms with Crippen LogP contribution in [0.25, 0.3) is 0 Å². The quantitative estimate of drug-likeness (QED) is 0.0701. The Bertz CT molecular complexity index is 522. The summed E-state index contributed by atoms with van der Waals surface area (Å²) in [6.07, 6.45) is 21.7. The molecule has 7 nitrogen and oxygen atoms in total. The summed E-state index contributed by atoms with van der Waals surface area (Å²) in [5.41, 5.74) is 10.7. The van der Waals surface area contributed by atoms with E-state index in [4.69, 9.17) is 16.2 Å². The van der Waals surface area contributed by atoms with E-state index >= 15 is 0 Å². The van der Waals surface area contributed by atoms with E-state index in [2.05, 4.69) is 17.2 Å². The minimum atomic E-state index is -0.635. The number of carbonyl (C=O) groups excluding carboxylic acids is 2. The van der Waals surface area contributed by atoms with Crippen LogP contribution in [0.5, 0.6) is 0 Å². The molecule has 0 saturated carbocycles. The Morgan fingerprint density at radius 3 is 1.71 bits per heavy atom. The lowest BCUT2D eigenvalue weighted by Crippen LogP contribution is -2.42. The van der Waals surface area contributed by atoms with Crippen molar-refractivity contribution in [3.05, 3.63) is 0 Å². The average Bonchev–Trinajstić information content (AvgIpc) is 2.81. The molecule has 0 saturated heterocycles. The number of nitrogens with zero attached hydrogens (tertiary/aromatic N) is 1. The first kappa shape index (κ1) is 32.2. The standard InChI is InChI=1S/C27H54N4O3/c1-3-5-6-7-8-9-10-11-12-13-14-15-16-17-18-21-25(32)31-24(26(33)34-23-4-2)20-19-22-30-27(28)29/h24H,3-23H2,1-2H3,(H,31,32)(H4,28,29,30)/t24-/m0/s1. The predicted octanol–water partition coefficient (Wildman–Crippen LogP) is 5.74. The van der Waals surface area contributed by atoms with Gasteiger partial charge in [-0.15, -0.1) is 0 Å². The maximum absolute atomic E-state index is 12.3. The van der Waals surface area contributed by atoms with Gasteiger partial charge in [0, 0.05) is 13.0 Å². The van der Waals surface area contributed by atoms with Gasteiger partial charge in [0.25, 0.3) is 0 Å². The molecule has 0 spiro atoms. The van der Waals surface area contributed by atoms with E-state index in [0.717, 1.165) is 19.3 Å². The van der Waals surface area contributed by atoms with E-state index in [1.807, 2.05) is 6.92 Å². The van der Waals surface area contributed by atoms with Gasteiger partial charge >= 0.3 is 5.97 Å². The van der Waals surface area contributed by atoms with Gasteiger partial charge in [-0.1, -0.05) is 104 Å². The van der Waals surface area contributed by atoms with Crippen LogP contribution in [0.15, 0.2) is 4.99 Å². The van der Waals surface area contributed by atoms with Gasteiger partial charge in [0.05, 0.1) is 6.61 Å². The van der Waals surface area contributed by atoms with Crippen molar-refractivity contribution in [1.29, 1.82) is 0 Å². The Balaban J connectivity index is 3.79. The minimum absolute atomic E-state index is 0.0299. The number of esters is 1. The highest BCUT2D eigenvalue weighted by Gasteiger charge is 2.21. The molecule has 0 aliphatic heterocycles. The number of carbonyl (C=O) groups is 2. The zero-order valence-electron chi connectivity index (χ0n) is 22.3. The highest BCUT2D eigenvalue weighted by molar-refractivity contribution is 5.84. The van der Waals surface area contributed by atoms with Crippen molar-refractivity contribution >= 4 is 17.8 Å². The van der Waals surface area contributed by atoms with E-state index in [1.54, 1.807) is 0 Å². The number of rotatable bonds is 24. The van der Waals surface area contributed by atoms with E-state index in [0.29, 0.717) is 32.4 Å². The van der Waals surface area contributed by atoms with Crippen molar-refractivity contribution in [2.24, 2.45) is 16.5 Å². The second kappa shape index (κ2) is 24.3. The highest BCUT2D eigenvalue weighted by atomic mass is 16.5. The number of amides is 1. The summed E-state index contributed by atoms with van der Waals surface area (Å²) in [5, 5.41) is 2.84. The van der Waals surface area contributed by atoms with Gasteiger partial charge in [0.1, 0.15) is 6.04 Å². The number of hydrogen-bond acceptors (Lipinski definition) is 4. The van der Waals surface area contributed by atoms with Crippen molar-refractivity contribution < 1.29 is 14.3 Å². The molecule has 0 aliphatic rings. The molecule has 0 heterocycles. The summed E-state index contributed by atoms with van der Waals surface area (Å²) in [6, 6.07) is -0.635. The maximum atomic E-state index is 12.3. The second-order valence-corrected chi connectivity index (χ2v) is 9.44. The van der Waals surface area contributed by atoms with Crippen LogP contribution in [0, 0.1) is 0 Å². The van der Waals surface area contributed by atoms with Crippen molar-refractivity contribution in [2.75, 3.05) is 13.2 Å². The number of aliphatic imine (C=N–C) groups is 1. The second-order valence-electron chi connectivity index (χ2n) is 9.44. The van der Waals surface area contributed by atoms with Crippen molar-refractivity contribution in [3.8, 4) is 0 Å². The van der Waals surface area contributed by atoms with Gasteiger partial charge in [-0.05, 0) is 25.7 Å². The number of ether oxygens (including phenoxy) is 1. The lowest BCUT2D eigenvalue weighted by atomic mass is 10.0. The Morgan fingerprint density at radius 2 is 1.24 bits per heavy atom. The molecule has 0 fully saturated rings.